The van der Waals surface area contributed by atoms with Crippen LogP contribution in [0.2, 0.25) is 0 Å². The van der Waals surface area contributed by atoms with E-state index in [4.69, 9.17) is 4.74 Å². The van der Waals surface area contributed by atoms with Gasteiger partial charge < -0.3 is 20.3 Å². The Morgan fingerprint density at radius 2 is 2.00 bits per heavy atom. The van der Waals surface area contributed by atoms with Crippen LogP contribution in [0.25, 0.3) is 0 Å². The lowest BCUT2D eigenvalue weighted by atomic mass is 9.85. The number of carbonyl (C=O) groups excluding carboxylic acids is 4. The van der Waals surface area contributed by atoms with Gasteiger partial charge in [-0.05, 0) is 30.6 Å². The monoisotopic (exact) mass is 381 g/mol. The van der Waals surface area contributed by atoms with Gasteiger partial charge in [-0.25, -0.2) is 4.79 Å². The number of amides is 3. The number of ether oxygens (including phenoxy) is 1. The lowest BCUT2D eigenvalue weighted by Gasteiger charge is -2.34. The lowest BCUT2D eigenvalue weighted by Crippen LogP contribution is -2.58. The molecule has 1 saturated heterocycles. The highest BCUT2D eigenvalue weighted by Gasteiger charge is 2.62. The van der Waals surface area contributed by atoms with Gasteiger partial charge in [0.1, 0.15) is 17.6 Å². The van der Waals surface area contributed by atoms with Crippen molar-refractivity contribution in [3.63, 3.8) is 0 Å². The number of carbonyl (C=O) groups is 4. The van der Waals surface area contributed by atoms with E-state index in [0.717, 1.165) is 6.42 Å². The smallest absolute Gasteiger partial charge is 0.331 e. The Labute approximate surface area is 160 Å². The van der Waals surface area contributed by atoms with E-state index in [-0.39, 0.29) is 17.7 Å². The number of nitrogens with one attached hydrogen (secondary N) is 2. The van der Waals surface area contributed by atoms with E-state index >= 15 is 0 Å². The molecule has 152 valence electrons. The molecule has 0 unspecified atom stereocenters. The molecule has 1 saturated carbocycles. The highest BCUT2D eigenvalue weighted by molar-refractivity contribution is 5.96. The molecule has 2 N–H and O–H groups in total. The summed E-state index contributed by atoms with van der Waals surface area (Å²) in [4.78, 5) is 50.6. The first-order valence-electron chi connectivity index (χ1n) is 9.53. The Morgan fingerprint density at radius 1 is 1.33 bits per heavy atom. The average molecular weight is 381 g/mol. The van der Waals surface area contributed by atoms with E-state index in [1.807, 2.05) is 27.7 Å². The molecule has 0 spiro atoms. The molecule has 2 fully saturated rings. The first-order valence-corrected chi connectivity index (χ1v) is 9.53. The fourth-order valence-electron chi connectivity index (χ4n) is 3.99. The van der Waals surface area contributed by atoms with Crippen LogP contribution in [0.1, 0.15) is 53.4 Å². The van der Waals surface area contributed by atoms with Gasteiger partial charge in [0.25, 0.3) is 0 Å². The minimum absolute atomic E-state index is 0.0542. The van der Waals surface area contributed by atoms with Crippen molar-refractivity contribution in [3.8, 4) is 0 Å². The molecule has 3 amide bonds. The summed E-state index contributed by atoms with van der Waals surface area (Å²) in [6.45, 7) is 8.00. The van der Waals surface area contributed by atoms with Crippen LogP contribution in [0, 0.1) is 11.3 Å². The van der Waals surface area contributed by atoms with E-state index in [1.54, 1.807) is 0 Å². The maximum Gasteiger partial charge on any atom is 0.331 e. The van der Waals surface area contributed by atoms with Gasteiger partial charge in [0.15, 0.2) is 0 Å². The summed E-state index contributed by atoms with van der Waals surface area (Å²) in [5, 5.41) is 5.44. The molecular weight excluding hydrogens is 350 g/mol. The maximum absolute atomic E-state index is 13.0. The molecule has 1 aliphatic heterocycles. The quantitative estimate of drug-likeness (QED) is 0.496. The van der Waals surface area contributed by atoms with Crippen LogP contribution in [0.4, 0.5) is 0 Å². The zero-order valence-electron chi connectivity index (χ0n) is 16.8. The number of esters is 1. The minimum Gasteiger partial charge on any atom is -0.467 e. The SMILES string of the molecule is CC[C@@H]1C[C@]1(NC(=O)[C@@H]1CCCN1C(=O)[C@@H](NC=O)C(C)(C)C)C(=O)OC. The molecule has 1 heterocycles. The van der Waals surface area contributed by atoms with Gasteiger partial charge in [0.2, 0.25) is 18.2 Å². The number of nitrogens with zero attached hydrogens (tertiary/aromatic N) is 1. The largest absolute Gasteiger partial charge is 0.467 e. The van der Waals surface area contributed by atoms with Crippen LogP contribution < -0.4 is 10.6 Å². The van der Waals surface area contributed by atoms with Gasteiger partial charge in [-0.15, -0.1) is 0 Å². The second-order valence-electron chi connectivity index (χ2n) is 8.53. The van der Waals surface area contributed by atoms with Crippen LogP contribution >= 0.6 is 0 Å². The van der Waals surface area contributed by atoms with Crippen molar-refractivity contribution in [2.45, 2.75) is 71.0 Å². The van der Waals surface area contributed by atoms with Crippen molar-refractivity contribution in [1.29, 1.82) is 0 Å². The Kier molecular flexibility index (Phi) is 6.17. The molecule has 8 nitrogen and oxygen atoms in total. The van der Waals surface area contributed by atoms with Gasteiger partial charge in [-0.3, -0.25) is 14.4 Å². The Bertz CT molecular complexity index is 615. The molecule has 0 aromatic heterocycles. The summed E-state index contributed by atoms with van der Waals surface area (Å²) >= 11 is 0. The first kappa shape index (κ1) is 21.2. The van der Waals surface area contributed by atoms with Crippen molar-refractivity contribution >= 4 is 24.2 Å². The number of hydrogen-bond donors (Lipinski definition) is 2. The average Bonchev–Trinajstić information content (AvgIpc) is 3.09. The van der Waals surface area contributed by atoms with Crippen molar-refractivity contribution < 1.29 is 23.9 Å². The molecule has 0 aromatic carbocycles. The van der Waals surface area contributed by atoms with E-state index < -0.39 is 29.0 Å². The highest BCUT2D eigenvalue weighted by Crippen LogP contribution is 2.47. The van der Waals surface area contributed by atoms with Crippen molar-refractivity contribution in [1.82, 2.24) is 15.5 Å². The zero-order chi connectivity index (χ0) is 20.4. The second-order valence-corrected chi connectivity index (χ2v) is 8.53. The van der Waals surface area contributed by atoms with Crippen molar-refractivity contribution in [3.05, 3.63) is 0 Å². The van der Waals surface area contributed by atoms with E-state index in [0.29, 0.717) is 32.2 Å². The summed E-state index contributed by atoms with van der Waals surface area (Å²) in [6.07, 6.45) is 3.06. The Morgan fingerprint density at radius 3 is 2.48 bits per heavy atom. The fraction of sp³-hybridized carbons (Fsp3) is 0.789. The molecule has 4 atom stereocenters. The van der Waals surface area contributed by atoms with Crippen LogP contribution in [-0.2, 0) is 23.9 Å². The van der Waals surface area contributed by atoms with Crippen LogP contribution in [0.5, 0.6) is 0 Å². The number of methoxy groups -OCH3 is 1. The number of rotatable bonds is 7. The van der Waals surface area contributed by atoms with Gasteiger partial charge in [0.05, 0.1) is 7.11 Å². The zero-order valence-corrected chi connectivity index (χ0v) is 16.8. The summed E-state index contributed by atoms with van der Waals surface area (Å²) in [7, 11) is 1.31. The normalized spacial score (nSPS) is 28.3. The third-order valence-electron chi connectivity index (χ3n) is 5.68. The Balaban J connectivity index is 2.15. The van der Waals surface area contributed by atoms with Gasteiger partial charge in [-0.1, -0.05) is 34.1 Å². The third kappa shape index (κ3) is 4.09. The summed E-state index contributed by atoms with van der Waals surface area (Å²) in [6, 6.07) is -1.36. The first-order chi connectivity index (χ1) is 12.6. The molecule has 1 aliphatic carbocycles. The van der Waals surface area contributed by atoms with Crippen molar-refractivity contribution in [2.75, 3.05) is 13.7 Å². The predicted molar refractivity (Wildman–Crippen MR) is 98.5 cm³/mol. The number of hydrogen-bond acceptors (Lipinski definition) is 5. The molecule has 2 aliphatic rings. The van der Waals surface area contributed by atoms with E-state index in [9.17, 15) is 19.2 Å². The molecule has 27 heavy (non-hydrogen) atoms. The standard InChI is InChI=1S/C19H31N3O5/c1-6-12-10-19(12,17(26)27-5)21-15(24)13-8-7-9-22(13)16(25)14(20-11-23)18(2,3)4/h11-14H,6-10H2,1-5H3,(H,20,23)(H,21,24)/t12-,13+,14-,19-/m1/s1. The molecular formula is C19H31N3O5. The number of likely N-dealkylation sites (tertiary alicyclic amines) is 1. The Hall–Kier alpha value is -2.12. The fourth-order valence-corrected chi connectivity index (χ4v) is 3.99. The summed E-state index contributed by atoms with van der Waals surface area (Å²) in [5.74, 6) is -0.990. The van der Waals surface area contributed by atoms with Crippen LogP contribution in [0.15, 0.2) is 0 Å². The van der Waals surface area contributed by atoms with Crippen molar-refractivity contribution in [2.24, 2.45) is 11.3 Å². The van der Waals surface area contributed by atoms with Gasteiger partial charge >= 0.3 is 5.97 Å². The lowest BCUT2D eigenvalue weighted by molar-refractivity contribution is -0.148. The van der Waals surface area contributed by atoms with E-state index in [2.05, 4.69) is 10.6 Å². The summed E-state index contributed by atoms with van der Waals surface area (Å²) in [5.41, 5.74) is -1.46. The molecule has 2 rings (SSSR count). The van der Waals surface area contributed by atoms with E-state index in [1.165, 1.54) is 12.0 Å². The maximum atomic E-state index is 13.0. The third-order valence-corrected chi connectivity index (χ3v) is 5.68. The minimum atomic E-state index is -0.970. The molecule has 0 bridgehead atoms. The van der Waals surface area contributed by atoms with Gasteiger partial charge in [0, 0.05) is 6.54 Å². The van der Waals surface area contributed by atoms with Crippen LogP contribution in [-0.4, -0.2) is 60.4 Å². The molecule has 8 heteroatoms. The topological polar surface area (TPSA) is 105 Å². The second kappa shape index (κ2) is 7.86. The summed E-state index contributed by atoms with van der Waals surface area (Å²) < 4.78 is 4.88. The highest BCUT2D eigenvalue weighted by atomic mass is 16.5. The van der Waals surface area contributed by atoms with Crippen LogP contribution in [0.3, 0.4) is 0 Å². The molecule has 0 radical (unpaired) electrons. The molecule has 0 aromatic rings. The predicted octanol–water partition coefficient (Wildman–Crippen LogP) is 0.596. The van der Waals surface area contributed by atoms with Gasteiger partial charge in [-0.2, -0.15) is 0 Å².